The summed E-state index contributed by atoms with van der Waals surface area (Å²) in [6.07, 6.45) is 4.95. The number of carbonyl (C=O) groups is 1. The van der Waals surface area contributed by atoms with Gasteiger partial charge in [0.25, 0.3) is 0 Å². The van der Waals surface area contributed by atoms with E-state index in [9.17, 15) is 4.79 Å². The summed E-state index contributed by atoms with van der Waals surface area (Å²) in [5, 5.41) is 0.348. The molecule has 5 heteroatoms. The first-order valence-corrected chi connectivity index (χ1v) is 5.21. The Balaban J connectivity index is 3.05. The SMILES string of the molecule is COC(=O)c1cnc(Cl)c(C=CCS)c1. The minimum Gasteiger partial charge on any atom is -0.465 e. The normalized spacial score (nSPS) is 10.6. The summed E-state index contributed by atoms with van der Waals surface area (Å²) in [4.78, 5) is 15.1. The van der Waals surface area contributed by atoms with E-state index in [0.717, 1.165) is 0 Å². The van der Waals surface area contributed by atoms with Gasteiger partial charge in [-0.05, 0) is 6.07 Å². The van der Waals surface area contributed by atoms with E-state index in [-0.39, 0.29) is 0 Å². The quantitative estimate of drug-likeness (QED) is 0.504. The van der Waals surface area contributed by atoms with Crippen molar-refractivity contribution in [3.63, 3.8) is 0 Å². The van der Waals surface area contributed by atoms with E-state index in [0.29, 0.717) is 22.0 Å². The van der Waals surface area contributed by atoms with E-state index in [4.69, 9.17) is 11.6 Å². The van der Waals surface area contributed by atoms with Crippen molar-refractivity contribution in [1.29, 1.82) is 0 Å². The average molecular weight is 244 g/mol. The van der Waals surface area contributed by atoms with Crippen molar-refractivity contribution in [2.24, 2.45) is 0 Å². The number of esters is 1. The van der Waals surface area contributed by atoms with Crippen molar-refractivity contribution in [3.8, 4) is 0 Å². The molecule has 0 saturated heterocycles. The minimum absolute atomic E-state index is 0.348. The van der Waals surface area contributed by atoms with Gasteiger partial charge in [0.1, 0.15) is 5.15 Å². The van der Waals surface area contributed by atoms with Gasteiger partial charge in [-0.25, -0.2) is 9.78 Å². The predicted octanol–water partition coefficient (Wildman–Crippen LogP) is 2.46. The zero-order chi connectivity index (χ0) is 11.3. The molecule has 3 nitrogen and oxygen atoms in total. The average Bonchev–Trinajstić information content (AvgIpc) is 2.27. The molecule has 0 bridgehead atoms. The molecule has 0 atom stereocenters. The predicted molar refractivity (Wildman–Crippen MR) is 63.5 cm³/mol. The van der Waals surface area contributed by atoms with Gasteiger partial charge in [-0.3, -0.25) is 0 Å². The van der Waals surface area contributed by atoms with Crippen molar-refractivity contribution in [2.45, 2.75) is 0 Å². The fourth-order valence-electron chi connectivity index (χ4n) is 0.991. The van der Waals surface area contributed by atoms with Crippen LogP contribution in [0, 0.1) is 0 Å². The van der Waals surface area contributed by atoms with Crippen molar-refractivity contribution in [1.82, 2.24) is 4.98 Å². The molecule has 1 aromatic heterocycles. The Morgan fingerprint density at radius 3 is 3.07 bits per heavy atom. The van der Waals surface area contributed by atoms with Crippen LogP contribution in [0.3, 0.4) is 0 Å². The zero-order valence-electron chi connectivity index (χ0n) is 8.11. The largest absolute Gasteiger partial charge is 0.465 e. The van der Waals surface area contributed by atoms with Crippen LogP contribution >= 0.6 is 24.2 Å². The van der Waals surface area contributed by atoms with Gasteiger partial charge in [0.15, 0.2) is 0 Å². The number of hydrogen-bond acceptors (Lipinski definition) is 4. The maximum absolute atomic E-state index is 11.2. The molecule has 0 spiro atoms. The van der Waals surface area contributed by atoms with Crippen molar-refractivity contribution in [3.05, 3.63) is 34.6 Å². The molecule has 0 radical (unpaired) electrons. The van der Waals surface area contributed by atoms with Crippen LogP contribution in [0.15, 0.2) is 18.3 Å². The summed E-state index contributed by atoms with van der Waals surface area (Å²) in [6, 6.07) is 1.63. The molecule has 0 aliphatic carbocycles. The molecule has 0 amide bonds. The third-order valence-corrected chi connectivity index (χ3v) is 2.22. The van der Waals surface area contributed by atoms with Gasteiger partial charge in [-0.2, -0.15) is 12.6 Å². The third-order valence-electron chi connectivity index (χ3n) is 1.69. The maximum atomic E-state index is 11.2. The molecule has 0 N–H and O–H groups in total. The van der Waals surface area contributed by atoms with Crippen LogP contribution in [-0.4, -0.2) is 23.8 Å². The number of carbonyl (C=O) groups excluding carboxylic acids is 1. The number of halogens is 1. The lowest BCUT2D eigenvalue weighted by Crippen LogP contribution is -2.02. The van der Waals surface area contributed by atoms with Crippen LogP contribution in [0.5, 0.6) is 0 Å². The van der Waals surface area contributed by atoms with E-state index >= 15 is 0 Å². The number of pyridine rings is 1. The number of nitrogens with zero attached hydrogens (tertiary/aromatic N) is 1. The van der Waals surface area contributed by atoms with Crippen molar-refractivity contribution in [2.75, 3.05) is 12.9 Å². The highest BCUT2D eigenvalue weighted by atomic mass is 35.5. The van der Waals surface area contributed by atoms with Gasteiger partial charge in [0.05, 0.1) is 12.7 Å². The Hall–Kier alpha value is -1.00. The molecule has 80 valence electrons. The highest BCUT2D eigenvalue weighted by molar-refractivity contribution is 7.80. The Bertz CT molecular complexity index is 393. The highest BCUT2D eigenvalue weighted by Crippen LogP contribution is 2.16. The number of thiol groups is 1. The van der Waals surface area contributed by atoms with Crippen LogP contribution in [0.4, 0.5) is 0 Å². The Labute approximate surface area is 98.5 Å². The number of ether oxygens (including phenoxy) is 1. The molecule has 1 rings (SSSR count). The number of aromatic nitrogens is 1. The molecule has 0 aliphatic heterocycles. The van der Waals surface area contributed by atoms with E-state index < -0.39 is 5.97 Å². The number of hydrogen-bond donors (Lipinski definition) is 1. The molecule has 0 aliphatic rings. The van der Waals surface area contributed by atoms with Crippen LogP contribution in [0.1, 0.15) is 15.9 Å². The highest BCUT2D eigenvalue weighted by Gasteiger charge is 2.08. The van der Waals surface area contributed by atoms with E-state index in [1.54, 1.807) is 12.1 Å². The molecule has 0 unspecified atom stereocenters. The fourth-order valence-corrected chi connectivity index (χ4v) is 1.26. The monoisotopic (exact) mass is 243 g/mol. The molecule has 0 aromatic carbocycles. The molecule has 0 fully saturated rings. The molecule has 1 heterocycles. The van der Waals surface area contributed by atoms with Crippen LogP contribution < -0.4 is 0 Å². The molecule has 15 heavy (non-hydrogen) atoms. The van der Waals surface area contributed by atoms with Gasteiger partial charge >= 0.3 is 5.97 Å². The van der Waals surface area contributed by atoms with Gasteiger partial charge in [-0.15, -0.1) is 0 Å². The maximum Gasteiger partial charge on any atom is 0.339 e. The van der Waals surface area contributed by atoms with E-state index in [1.807, 2.05) is 6.08 Å². The second-order valence-corrected chi connectivity index (χ2v) is 3.40. The number of rotatable bonds is 3. The molecular formula is C10H10ClNO2S. The first-order chi connectivity index (χ1) is 7.19. The first-order valence-electron chi connectivity index (χ1n) is 4.20. The Kier molecular flexibility index (Phi) is 4.65. The summed E-state index contributed by atoms with van der Waals surface area (Å²) in [5.41, 5.74) is 1.05. The van der Waals surface area contributed by atoms with Crippen molar-refractivity contribution < 1.29 is 9.53 Å². The molecular weight excluding hydrogens is 234 g/mol. The lowest BCUT2D eigenvalue weighted by atomic mass is 10.2. The van der Waals surface area contributed by atoms with Gasteiger partial charge < -0.3 is 4.74 Å². The van der Waals surface area contributed by atoms with Gasteiger partial charge in [0.2, 0.25) is 0 Å². The van der Waals surface area contributed by atoms with Crippen LogP contribution in [0.25, 0.3) is 6.08 Å². The fraction of sp³-hybridized carbons (Fsp3) is 0.200. The van der Waals surface area contributed by atoms with Crippen LogP contribution in [-0.2, 0) is 4.74 Å². The Morgan fingerprint density at radius 1 is 1.73 bits per heavy atom. The van der Waals surface area contributed by atoms with Crippen LogP contribution in [0.2, 0.25) is 5.15 Å². The van der Waals surface area contributed by atoms with E-state index in [2.05, 4.69) is 22.3 Å². The smallest absolute Gasteiger partial charge is 0.339 e. The topological polar surface area (TPSA) is 39.2 Å². The summed E-state index contributed by atoms with van der Waals surface area (Å²) in [7, 11) is 1.32. The zero-order valence-corrected chi connectivity index (χ0v) is 9.76. The summed E-state index contributed by atoms with van der Waals surface area (Å²) >= 11 is 9.87. The summed E-state index contributed by atoms with van der Waals surface area (Å²) in [5.74, 6) is 0.165. The standard InChI is InChI=1S/C10H10ClNO2S/c1-14-10(13)8-5-7(3-2-4-15)9(11)12-6-8/h2-3,5-6,15H,4H2,1H3. The first kappa shape index (κ1) is 12.1. The second kappa shape index (κ2) is 5.78. The lowest BCUT2D eigenvalue weighted by molar-refractivity contribution is 0.0600. The van der Waals surface area contributed by atoms with Gasteiger partial charge in [-0.1, -0.05) is 23.8 Å². The third kappa shape index (κ3) is 3.25. The molecule has 1 aromatic rings. The summed E-state index contributed by atoms with van der Waals surface area (Å²) < 4.78 is 4.57. The second-order valence-electron chi connectivity index (χ2n) is 2.68. The number of methoxy groups -OCH3 is 1. The van der Waals surface area contributed by atoms with Gasteiger partial charge in [0, 0.05) is 17.5 Å². The van der Waals surface area contributed by atoms with E-state index in [1.165, 1.54) is 13.3 Å². The molecule has 0 saturated carbocycles. The lowest BCUT2D eigenvalue weighted by Gasteiger charge is -2.01. The van der Waals surface area contributed by atoms with Crippen molar-refractivity contribution >= 4 is 36.3 Å². The summed E-state index contributed by atoms with van der Waals surface area (Å²) in [6.45, 7) is 0. The Morgan fingerprint density at radius 2 is 2.47 bits per heavy atom. The minimum atomic E-state index is -0.431.